The van der Waals surface area contributed by atoms with Gasteiger partial charge in [0.2, 0.25) is 0 Å². The fourth-order valence-electron chi connectivity index (χ4n) is 15.1. The van der Waals surface area contributed by atoms with E-state index in [9.17, 15) is 66.4 Å². The van der Waals surface area contributed by atoms with E-state index in [4.69, 9.17) is 42.6 Å². The summed E-state index contributed by atoms with van der Waals surface area (Å²) in [5, 5.41) is 139. The summed E-state index contributed by atoms with van der Waals surface area (Å²) in [6.07, 6.45) is -19.6. The largest absolute Gasteiger partial charge is 0.492 e. The van der Waals surface area contributed by atoms with Gasteiger partial charge in [-0.2, -0.15) is 0 Å². The molecule has 0 bridgehead atoms. The van der Waals surface area contributed by atoms with Crippen LogP contribution in [0.3, 0.4) is 0 Å². The molecular formula is C51H84O22. The summed E-state index contributed by atoms with van der Waals surface area (Å²) >= 11 is 0. The fraction of sp³-hybridized carbons (Fsp3) is 0.961. The number of fused-ring (bicyclic) bond motifs is 7. The Hall–Kier alpha value is -1.30. The van der Waals surface area contributed by atoms with Gasteiger partial charge in [0.1, 0.15) is 103 Å². The van der Waals surface area contributed by atoms with Crippen molar-refractivity contribution in [3.8, 4) is 0 Å². The Kier molecular flexibility index (Phi) is 16.8. The normalized spacial score (nSPS) is 56.0. The van der Waals surface area contributed by atoms with Gasteiger partial charge < -0.3 is 109 Å². The van der Waals surface area contributed by atoms with Gasteiger partial charge in [-0.3, -0.25) is 0 Å². The summed E-state index contributed by atoms with van der Waals surface area (Å²) in [6.45, 7) is 10.7. The van der Waals surface area contributed by atoms with Crippen molar-refractivity contribution in [2.24, 2.45) is 46.3 Å². The molecule has 9 rings (SSSR count). The van der Waals surface area contributed by atoms with E-state index >= 15 is 0 Å². The molecule has 4 aliphatic carbocycles. The molecule has 73 heavy (non-hydrogen) atoms. The van der Waals surface area contributed by atoms with Gasteiger partial charge in [-0.15, -0.1) is 0 Å². The standard InChI is InChI=1S/C51H84O22/c1-20(18-65-46-41(62)38(59)34(55)29(17-52)71-46)7-10-31-51(6,64)44-28(70-31)16-27-25-9-8-23-15-24(11-13-49(23,4)26(25)12-14-50(27,44)5)69-48-43(73-47-42(63)37(58)33(54)22(3)68-47)39(60)35(56)30(72-48)19-66-45-40(61)36(57)32(53)21(2)67-45/h10,20-30,32-48,52-64H,7-9,11-19H2,1-6H3/b31-10+/t20?,21-,22-,23-,24-,25+,26-,27-,28-,29+,30+,32-,33-,34+,35+,36+,37+,38-,39-,40+,41+,42+,43+,44-,45+,46+,47-,48+,49-,50-,51+/m0/s1. The topological polar surface area (TPSA) is 346 Å². The van der Waals surface area contributed by atoms with Crippen LogP contribution in [-0.2, 0) is 42.6 Å². The van der Waals surface area contributed by atoms with Crippen molar-refractivity contribution in [1.29, 1.82) is 0 Å². The third-order valence-corrected chi connectivity index (χ3v) is 19.4. The van der Waals surface area contributed by atoms with Crippen LogP contribution in [0.4, 0.5) is 0 Å². The highest BCUT2D eigenvalue weighted by atomic mass is 16.8. The molecule has 9 aliphatic rings. The van der Waals surface area contributed by atoms with Crippen molar-refractivity contribution in [1.82, 2.24) is 0 Å². The minimum absolute atomic E-state index is 0.0251. The molecule has 9 fully saturated rings. The molecule has 5 heterocycles. The maximum absolute atomic E-state index is 12.4. The van der Waals surface area contributed by atoms with Gasteiger partial charge in [0.05, 0.1) is 38.1 Å². The van der Waals surface area contributed by atoms with Gasteiger partial charge >= 0.3 is 0 Å². The van der Waals surface area contributed by atoms with Gasteiger partial charge in [0.15, 0.2) is 25.2 Å². The van der Waals surface area contributed by atoms with Crippen molar-refractivity contribution < 1.29 is 109 Å². The second-order valence-corrected chi connectivity index (χ2v) is 24.0. The molecule has 0 aromatic carbocycles. The summed E-state index contributed by atoms with van der Waals surface area (Å²) in [5.41, 5.74) is -1.40. The van der Waals surface area contributed by atoms with Crippen LogP contribution < -0.4 is 0 Å². The Labute approximate surface area is 426 Å². The fourth-order valence-corrected chi connectivity index (χ4v) is 15.1. The minimum atomic E-state index is -1.72. The molecule has 1 unspecified atom stereocenters. The van der Waals surface area contributed by atoms with Gasteiger partial charge in [0, 0.05) is 5.92 Å². The first-order valence-electron chi connectivity index (χ1n) is 26.8. The Balaban J connectivity index is 0.837. The maximum atomic E-state index is 12.4. The van der Waals surface area contributed by atoms with Gasteiger partial charge in [-0.05, 0) is 125 Å². The molecule has 22 nitrogen and oxygen atoms in total. The van der Waals surface area contributed by atoms with Crippen LogP contribution >= 0.6 is 0 Å². The van der Waals surface area contributed by atoms with Gasteiger partial charge in [0.25, 0.3) is 0 Å². The van der Waals surface area contributed by atoms with Crippen molar-refractivity contribution in [2.75, 3.05) is 19.8 Å². The van der Waals surface area contributed by atoms with E-state index in [1.54, 1.807) is 0 Å². The smallest absolute Gasteiger partial charge is 0.187 e. The van der Waals surface area contributed by atoms with Gasteiger partial charge in [-0.1, -0.05) is 20.8 Å². The number of ether oxygens (including phenoxy) is 9. The molecule has 5 aliphatic heterocycles. The number of rotatable bonds is 13. The first kappa shape index (κ1) is 56.4. The Bertz CT molecular complexity index is 1890. The second kappa shape index (κ2) is 21.7. The van der Waals surface area contributed by atoms with E-state index in [0.29, 0.717) is 42.8 Å². The summed E-state index contributed by atoms with van der Waals surface area (Å²) in [5.74, 6) is 1.79. The van der Waals surface area contributed by atoms with Crippen molar-refractivity contribution in [3.63, 3.8) is 0 Å². The lowest BCUT2D eigenvalue weighted by Crippen LogP contribution is -2.65. The average Bonchev–Trinajstić information content (AvgIpc) is 3.81. The quantitative estimate of drug-likeness (QED) is 0.0889. The van der Waals surface area contributed by atoms with Crippen molar-refractivity contribution in [3.05, 3.63) is 11.8 Å². The SMILES string of the molecule is CC(C/C=C1/O[C@H]2C[C@H]3[C@@H]4CC[C@H]5C[C@@H](O[C@@H]6O[C@H](CO[C@@H]7O[C@@H](C)[C@H](O)[C@@H](O)[C@H]7O)[C@@H](O)[C@H](O)[C@H]6O[C@@H]6O[C@@H](C)[C@H](O)[C@@H](O)[C@H]6O)CC[C@]5(C)[C@H]4CC[C@]3(C)[C@H]2[C@]1(C)O)CO[C@@H]1O[C@H](CO)[C@@H](O)[C@H](O)[C@H]1O. The first-order valence-corrected chi connectivity index (χ1v) is 26.8. The highest BCUT2D eigenvalue weighted by Gasteiger charge is 2.69. The monoisotopic (exact) mass is 1050 g/mol. The summed E-state index contributed by atoms with van der Waals surface area (Å²) in [6, 6.07) is 0. The molecule has 5 saturated heterocycles. The highest BCUT2D eigenvalue weighted by Crippen LogP contribution is 2.71. The molecule has 420 valence electrons. The molecule has 0 aromatic rings. The second-order valence-electron chi connectivity index (χ2n) is 24.0. The van der Waals surface area contributed by atoms with E-state index in [1.807, 2.05) is 19.9 Å². The lowest BCUT2D eigenvalue weighted by atomic mass is 9.44. The Morgan fingerprint density at radius 3 is 1.86 bits per heavy atom. The number of aliphatic hydroxyl groups is 13. The number of allylic oxidation sites excluding steroid dienone is 1. The van der Waals surface area contributed by atoms with Crippen LogP contribution in [0.25, 0.3) is 0 Å². The van der Waals surface area contributed by atoms with Crippen molar-refractivity contribution >= 4 is 0 Å². The Morgan fingerprint density at radius 2 is 1.19 bits per heavy atom. The predicted molar refractivity (Wildman–Crippen MR) is 249 cm³/mol. The molecule has 13 N–H and O–H groups in total. The van der Waals surface area contributed by atoms with Gasteiger partial charge in [-0.25, -0.2) is 0 Å². The van der Waals surface area contributed by atoms with Crippen LogP contribution in [0, 0.1) is 46.3 Å². The lowest BCUT2D eigenvalue weighted by molar-refractivity contribution is -0.375. The third-order valence-electron chi connectivity index (χ3n) is 19.4. The Morgan fingerprint density at radius 1 is 0.603 bits per heavy atom. The zero-order valence-electron chi connectivity index (χ0n) is 42.7. The van der Waals surface area contributed by atoms with Crippen LogP contribution in [0.15, 0.2) is 11.8 Å². The zero-order chi connectivity index (χ0) is 52.8. The summed E-state index contributed by atoms with van der Waals surface area (Å²) < 4.78 is 54.2. The van der Waals surface area contributed by atoms with E-state index in [-0.39, 0.29) is 47.4 Å². The molecule has 22 heteroatoms. The van der Waals surface area contributed by atoms with E-state index in [2.05, 4.69) is 13.8 Å². The molecule has 0 radical (unpaired) electrons. The minimum Gasteiger partial charge on any atom is -0.492 e. The van der Waals surface area contributed by atoms with E-state index < -0.39 is 142 Å². The highest BCUT2D eigenvalue weighted by molar-refractivity contribution is 5.26. The summed E-state index contributed by atoms with van der Waals surface area (Å²) in [4.78, 5) is 0. The van der Waals surface area contributed by atoms with E-state index in [0.717, 1.165) is 38.5 Å². The predicted octanol–water partition coefficient (Wildman–Crippen LogP) is -1.98. The molecular weight excluding hydrogens is 965 g/mol. The summed E-state index contributed by atoms with van der Waals surface area (Å²) in [7, 11) is 0. The lowest BCUT2D eigenvalue weighted by Gasteiger charge is -2.61. The van der Waals surface area contributed by atoms with Crippen molar-refractivity contribution in [2.45, 2.75) is 240 Å². The van der Waals surface area contributed by atoms with Crippen LogP contribution in [0.2, 0.25) is 0 Å². The maximum Gasteiger partial charge on any atom is 0.187 e. The number of hydrogen-bond acceptors (Lipinski definition) is 22. The molecule has 0 aromatic heterocycles. The van der Waals surface area contributed by atoms with Crippen LogP contribution in [0.1, 0.15) is 99.3 Å². The molecule has 4 saturated carbocycles. The third kappa shape index (κ3) is 10.2. The molecule has 0 amide bonds. The van der Waals surface area contributed by atoms with Crippen LogP contribution in [0.5, 0.6) is 0 Å². The van der Waals surface area contributed by atoms with Crippen LogP contribution in [-0.4, -0.2) is 227 Å². The van der Waals surface area contributed by atoms with E-state index in [1.165, 1.54) is 13.8 Å². The molecule has 0 spiro atoms. The molecule has 31 atom stereocenters. The average molecular weight is 1050 g/mol. The number of aliphatic hydroxyl groups excluding tert-OH is 12. The first-order chi connectivity index (χ1) is 34.4. The number of hydrogen-bond donors (Lipinski definition) is 13. The zero-order valence-corrected chi connectivity index (χ0v) is 42.7.